The third-order valence-electron chi connectivity index (χ3n) is 3.92. The van der Waals surface area contributed by atoms with Crippen LogP contribution in [0, 0.1) is 0 Å². The van der Waals surface area contributed by atoms with Gasteiger partial charge in [0.25, 0.3) is 11.8 Å². The van der Waals surface area contributed by atoms with Crippen molar-refractivity contribution in [2.24, 2.45) is 0 Å². The van der Waals surface area contributed by atoms with E-state index in [-0.39, 0.29) is 11.8 Å². The second-order valence-corrected chi connectivity index (χ2v) is 6.78. The molecule has 0 fully saturated rings. The zero-order valence-corrected chi connectivity index (χ0v) is 16.8. The number of amides is 2. The topological polar surface area (TPSA) is 67.4 Å². The molecule has 0 bridgehead atoms. The Hall–Kier alpha value is -3.12. The maximum absolute atomic E-state index is 12.4. The summed E-state index contributed by atoms with van der Waals surface area (Å²) in [6.45, 7) is 2.48. The monoisotopic (exact) mass is 438 g/mol. The number of hydrogen-bond acceptors (Lipinski definition) is 3. The van der Waals surface area contributed by atoms with Crippen LogP contribution in [0.15, 0.2) is 77.3 Å². The standard InChI is InChI=1S/C22H19BrN2O3/c1-2-28-18-12-10-15(11-13-18)21(26)24-16-6-5-7-17(14-16)25-22(27)19-8-3-4-9-20(19)23/h3-14H,2H2,1H3,(H,24,26)(H,25,27). The maximum Gasteiger partial charge on any atom is 0.256 e. The van der Waals surface area contributed by atoms with Gasteiger partial charge in [-0.15, -0.1) is 0 Å². The van der Waals surface area contributed by atoms with E-state index in [2.05, 4.69) is 26.6 Å². The molecular weight excluding hydrogens is 420 g/mol. The molecule has 0 radical (unpaired) electrons. The third kappa shape index (κ3) is 4.98. The fourth-order valence-corrected chi connectivity index (χ4v) is 3.06. The summed E-state index contributed by atoms with van der Waals surface area (Å²) >= 11 is 3.37. The molecule has 0 aliphatic carbocycles. The Morgan fingerprint density at radius 2 is 1.50 bits per heavy atom. The summed E-state index contributed by atoms with van der Waals surface area (Å²) in [5.74, 6) is 0.246. The first-order valence-corrected chi connectivity index (χ1v) is 9.56. The number of carbonyl (C=O) groups excluding carboxylic acids is 2. The van der Waals surface area contributed by atoms with Gasteiger partial charge in [-0.2, -0.15) is 0 Å². The molecular formula is C22H19BrN2O3. The van der Waals surface area contributed by atoms with Gasteiger partial charge in [-0.1, -0.05) is 18.2 Å². The second kappa shape index (κ2) is 9.19. The van der Waals surface area contributed by atoms with Crippen molar-refractivity contribution in [3.05, 3.63) is 88.4 Å². The maximum atomic E-state index is 12.4. The first-order valence-electron chi connectivity index (χ1n) is 8.77. The molecule has 3 aromatic carbocycles. The minimum Gasteiger partial charge on any atom is -0.494 e. The molecule has 0 saturated carbocycles. The quantitative estimate of drug-likeness (QED) is 0.544. The Morgan fingerprint density at radius 1 is 0.857 bits per heavy atom. The van der Waals surface area contributed by atoms with E-state index in [1.165, 1.54) is 0 Å². The highest BCUT2D eigenvalue weighted by molar-refractivity contribution is 9.10. The predicted molar refractivity (Wildman–Crippen MR) is 114 cm³/mol. The highest BCUT2D eigenvalue weighted by Crippen LogP contribution is 2.20. The summed E-state index contributed by atoms with van der Waals surface area (Å²) in [6.07, 6.45) is 0. The van der Waals surface area contributed by atoms with Crippen molar-refractivity contribution in [3.63, 3.8) is 0 Å². The number of carbonyl (C=O) groups is 2. The molecule has 142 valence electrons. The molecule has 0 atom stereocenters. The van der Waals surface area contributed by atoms with Crippen LogP contribution < -0.4 is 15.4 Å². The summed E-state index contributed by atoms with van der Waals surface area (Å²) in [4.78, 5) is 24.9. The van der Waals surface area contributed by atoms with Crippen LogP contribution in [0.4, 0.5) is 11.4 Å². The molecule has 28 heavy (non-hydrogen) atoms. The van der Waals surface area contributed by atoms with E-state index in [0.29, 0.717) is 33.6 Å². The summed E-state index contributed by atoms with van der Waals surface area (Å²) < 4.78 is 6.10. The van der Waals surface area contributed by atoms with Gasteiger partial charge in [-0.3, -0.25) is 9.59 Å². The summed E-state index contributed by atoms with van der Waals surface area (Å²) in [5.41, 5.74) is 2.23. The van der Waals surface area contributed by atoms with Crippen LogP contribution in [0.2, 0.25) is 0 Å². The van der Waals surface area contributed by atoms with E-state index < -0.39 is 0 Å². The number of rotatable bonds is 6. The lowest BCUT2D eigenvalue weighted by molar-refractivity contribution is 0.101. The highest BCUT2D eigenvalue weighted by atomic mass is 79.9. The lowest BCUT2D eigenvalue weighted by Crippen LogP contribution is -2.14. The first-order chi connectivity index (χ1) is 13.6. The van der Waals surface area contributed by atoms with Gasteiger partial charge in [0.15, 0.2) is 0 Å². The third-order valence-corrected chi connectivity index (χ3v) is 4.62. The van der Waals surface area contributed by atoms with Crippen molar-refractivity contribution in [1.82, 2.24) is 0 Å². The Kier molecular flexibility index (Phi) is 6.45. The molecule has 0 aliphatic heterocycles. The zero-order chi connectivity index (χ0) is 19.9. The first kappa shape index (κ1) is 19.6. The highest BCUT2D eigenvalue weighted by Gasteiger charge is 2.11. The van der Waals surface area contributed by atoms with Gasteiger partial charge in [0.1, 0.15) is 5.75 Å². The molecule has 0 spiro atoms. The Balaban J connectivity index is 1.68. The SMILES string of the molecule is CCOc1ccc(C(=O)Nc2cccc(NC(=O)c3ccccc3Br)c2)cc1. The van der Waals surface area contributed by atoms with Crippen LogP contribution in [-0.2, 0) is 0 Å². The normalized spacial score (nSPS) is 10.2. The number of anilines is 2. The average Bonchev–Trinajstić information content (AvgIpc) is 2.69. The zero-order valence-electron chi connectivity index (χ0n) is 15.2. The summed E-state index contributed by atoms with van der Waals surface area (Å²) in [6, 6.07) is 21.1. The molecule has 2 N–H and O–H groups in total. The van der Waals surface area contributed by atoms with Crippen LogP contribution in [0.25, 0.3) is 0 Å². The van der Waals surface area contributed by atoms with Crippen LogP contribution in [0.1, 0.15) is 27.6 Å². The van der Waals surface area contributed by atoms with Gasteiger partial charge in [0, 0.05) is 21.4 Å². The van der Waals surface area contributed by atoms with Crippen LogP contribution in [0.5, 0.6) is 5.75 Å². The number of nitrogens with one attached hydrogen (secondary N) is 2. The predicted octanol–water partition coefficient (Wildman–Crippen LogP) is 5.35. The lowest BCUT2D eigenvalue weighted by atomic mass is 10.2. The molecule has 0 aliphatic rings. The number of benzene rings is 3. The van der Waals surface area contributed by atoms with Crippen molar-refractivity contribution < 1.29 is 14.3 Å². The van der Waals surface area contributed by atoms with Crippen molar-refractivity contribution in [2.75, 3.05) is 17.2 Å². The molecule has 0 unspecified atom stereocenters. The largest absolute Gasteiger partial charge is 0.494 e. The molecule has 0 saturated heterocycles. The fourth-order valence-electron chi connectivity index (χ4n) is 2.59. The van der Waals surface area contributed by atoms with Gasteiger partial charge in [-0.05, 0) is 77.5 Å². The second-order valence-electron chi connectivity index (χ2n) is 5.93. The van der Waals surface area contributed by atoms with E-state index >= 15 is 0 Å². The molecule has 6 heteroatoms. The number of hydrogen-bond donors (Lipinski definition) is 2. The number of halogens is 1. The average molecular weight is 439 g/mol. The molecule has 3 aromatic rings. The molecule has 0 heterocycles. The van der Waals surface area contributed by atoms with Gasteiger partial charge in [0.2, 0.25) is 0 Å². The van der Waals surface area contributed by atoms with E-state index in [4.69, 9.17) is 4.74 Å². The van der Waals surface area contributed by atoms with Gasteiger partial charge in [-0.25, -0.2) is 0 Å². The van der Waals surface area contributed by atoms with Crippen molar-refractivity contribution in [3.8, 4) is 5.75 Å². The molecule has 5 nitrogen and oxygen atoms in total. The molecule has 0 aromatic heterocycles. The van der Waals surface area contributed by atoms with E-state index in [0.717, 1.165) is 5.75 Å². The number of ether oxygens (including phenoxy) is 1. The van der Waals surface area contributed by atoms with E-state index in [1.807, 2.05) is 19.1 Å². The van der Waals surface area contributed by atoms with Crippen LogP contribution in [-0.4, -0.2) is 18.4 Å². The minimum atomic E-state index is -0.239. The van der Waals surface area contributed by atoms with Crippen molar-refractivity contribution in [2.45, 2.75) is 6.92 Å². The van der Waals surface area contributed by atoms with Gasteiger partial charge in [0.05, 0.1) is 12.2 Å². The van der Waals surface area contributed by atoms with Crippen LogP contribution >= 0.6 is 15.9 Å². The summed E-state index contributed by atoms with van der Waals surface area (Å²) in [7, 11) is 0. The van der Waals surface area contributed by atoms with Crippen molar-refractivity contribution in [1.29, 1.82) is 0 Å². The van der Waals surface area contributed by atoms with Gasteiger partial charge < -0.3 is 15.4 Å². The van der Waals surface area contributed by atoms with Gasteiger partial charge >= 0.3 is 0 Å². The Labute approximate surface area is 171 Å². The van der Waals surface area contributed by atoms with E-state index in [9.17, 15) is 9.59 Å². The molecule has 3 rings (SSSR count). The van der Waals surface area contributed by atoms with Crippen molar-refractivity contribution >= 4 is 39.1 Å². The summed E-state index contributed by atoms with van der Waals surface area (Å²) in [5, 5.41) is 5.67. The van der Waals surface area contributed by atoms with E-state index in [1.54, 1.807) is 60.7 Å². The Bertz CT molecular complexity index is 987. The smallest absolute Gasteiger partial charge is 0.256 e. The Morgan fingerprint density at radius 3 is 2.14 bits per heavy atom. The van der Waals surface area contributed by atoms with Crippen LogP contribution in [0.3, 0.4) is 0 Å². The lowest BCUT2D eigenvalue weighted by Gasteiger charge is -2.10. The molecule has 2 amide bonds. The minimum absolute atomic E-state index is 0.234. The fraction of sp³-hybridized carbons (Fsp3) is 0.0909.